The van der Waals surface area contributed by atoms with Crippen LogP contribution in [0.25, 0.3) is 11.3 Å². The number of carbonyl (C=O) groups excluding carboxylic acids is 1. The van der Waals surface area contributed by atoms with Gasteiger partial charge in [-0.2, -0.15) is 0 Å². The van der Waals surface area contributed by atoms with Gasteiger partial charge >= 0.3 is 5.97 Å². The van der Waals surface area contributed by atoms with Crippen LogP contribution in [0.2, 0.25) is 10.0 Å². The number of benzene rings is 2. The van der Waals surface area contributed by atoms with E-state index in [1.807, 2.05) is 18.2 Å². The minimum Gasteiger partial charge on any atom is -0.486 e. The van der Waals surface area contributed by atoms with Crippen molar-refractivity contribution < 1.29 is 23.5 Å². The third-order valence-corrected chi connectivity index (χ3v) is 4.27. The molecule has 0 saturated carbocycles. The van der Waals surface area contributed by atoms with Gasteiger partial charge in [0, 0.05) is 21.7 Å². The molecule has 6 nitrogen and oxygen atoms in total. The number of hydrogen-bond donors (Lipinski definition) is 0. The topological polar surface area (TPSA) is 70.8 Å². The van der Waals surface area contributed by atoms with Crippen LogP contribution in [0.5, 0.6) is 11.5 Å². The molecule has 0 unspecified atom stereocenters. The van der Waals surface area contributed by atoms with E-state index in [-0.39, 0.29) is 12.2 Å². The zero-order valence-corrected chi connectivity index (χ0v) is 15.4. The van der Waals surface area contributed by atoms with E-state index in [1.165, 1.54) is 18.2 Å². The molecule has 0 spiro atoms. The first-order valence-corrected chi connectivity index (χ1v) is 8.83. The molecule has 138 valence electrons. The van der Waals surface area contributed by atoms with Gasteiger partial charge in [0.15, 0.2) is 17.3 Å². The van der Waals surface area contributed by atoms with Crippen LogP contribution in [-0.2, 0) is 11.3 Å². The van der Waals surface area contributed by atoms with E-state index >= 15 is 0 Å². The van der Waals surface area contributed by atoms with E-state index in [2.05, 4.69) is 5.16 Å². The molecule has 0 aliphatic carbocycles. The van der Waals surface area contributed by atoms with Gasteiger partial charge in [0.05, 0.1) is 5.56 Å². The van der Waals surface area contributed by atoms with Crippen LogP contribution in [0.4, 0.5) is 0 Å². The van der Waals surface area contributed by atoms with Crippen molar-refractivity contribution in [3.63, 3.8) is 0 Å². The fourth-order valence-corrected chi connectivity index (χ4v) is 3.13. The number of nitrogens with zero attached hydrogens (tertiary/aromatic N) is 1. The average Bonchev–Trinajstić information content (AvgIpc) is 3.14. The summed E-state index contributed by atoms with van der Waals surface area (Å²) in [6.45, 7) is 0.987. The molecule has 0 saturated heterocycles. The Balaban J connectivity index is 1.44. The Labute approximate surface area is 164 Å². The van der Waals surface area contributed by atoms with E-state index in [1.54, 1.807) is 6.07 Å². The van der Waals surface area contributed by atoms with Crippen LogP contribution in [0, 0.1) is 0 Å². The van der Waals surface area contributed by atoms with Gasteiger partial charge < -0.3 is 18.7 Å². The number of carbonyl (C=O) groups is 1. The Morgan fingerprint density at radius 3 is 2.52 bits per heavy atom. The molecule has 0 bridgehead atoms. The van der Waals surface area contributed by atoms with E-state index in [0.29, 0.717) is 46.2 Å². The first kappa shape index (κ1) is 17.7. The van der Waals surface area contributed by atoms with Gasteiger partial charge in [0.2, 0.25) is 0 Å². The number of esters is 1. The quantitative estimate of drug-likeness (QED) is 0.581. The van der Waals surface area contributed by atoms with Crippen LogP contribution < -0.4 is 9.47 Å². The molecule has 8 heteroatoms. The second kappa shape index (κ2) is 7.50. The lowest BCUT2D eigenvalue weighted by Gasteiger charge is -2.18. The Bertz CT molecular complexity index is 981. The van der Waals surface area contributed by atoms with Gasteiger partial charge in [0.25, 0.3) is 0 Å². The lowest BCUT2D eigenvalue weighted by Crippen LogP contribution is -2.15. The van der Waals surface area contributed by atoms with Crippen molar-refractivity contribution >= 4 is 29.2 Å². The fourth-order valence-electron chi connectivity index (χ4n) is 2.61. The van der Waals surface area contributed by atoms with Crippen molar-refractivity contribution in [2.24, 2.45) is 0 Å². The summed E-state index contributed by atoms with van der Waals surface area (Å²) in [6, 6.07) is 11.7. The summed E-state index contributed by atoms with van der Waals surface area (Å²) in [5, 5.41) is 4.65. The molecule has 27 heavy (non-hydrogen) atoms. The van der Waals surface area contributed by atoms with Crippen LogP contribution in [-0.4, -0.2) is 24.3 Å². The first-order chi connectivity index (χ1) is 13.1. The highest BCUT2D eigenvalue weighted by atomic mass is 35.5. The van der Waals surface area contributed by atoms with Crippen molar-refractivity contribution in [2.75, 3.05) is 13.2 Å². The Kier molecular flexibility index (Phi) is 4.92. The highest BCUT2D eigenvalue weighted by Crippen LogP contribution is 2.34. The maximum Gasteiger partial charge on any atom is 0.338 e. The van der Waals surface area contributed by atoms with E-state index in [4.69, 9.17) is 41.9 Å². The summed E-state index contributed by atoms with van der Waals surface area (Å²) in [5.41, 5.74) is 1.52. The van der Waals surface area contributed by atoms with Crippen LogP contribution in [0.3, 0.4) is 0 Å². The van der Waals surface area contributed by atoms with Crippen molar-refractivity contribution in [1.29, 1.82) is 0 Å². The second-order valence-electron chi connectivity index (χ2n) is 5.78. The predicted octanol–water partition coefficient (Wildman–Crippen LogP) is 4.78. The maximum atomic E-state index is 12.1. The molecular formula is C19H13Cl2NO5. The van der Waals surface area contributed by atoms with Gasteiger partial charge in [-0.3, -0.25) is 0 Å². The molecule has 1 aromatic heterocycles. The molecule has 2 aromatic carbocycles. The molecule has 0 amide bonds. The number of hydrogen-bond acceptors (Lipinski definition) is 6. The van der Waals surface area contributed by atoms with Gasteiger partial charge in [-0.15, -0.1) is 0 Å². The SMILES string of the molecule is O=C(OCc1cc(-c2ccc3c(c2)OCCO3)on1)c1cc(Cl)cc(Cl)c1. The van der Waals surface area contributed by atoms with Gasteiger partial charge in [-0.25, -0.2) is 4.79 Å². The zero-order valence-electron chi connectivity index (χ0n) is 13.9. The first-order valence-electron chi connectivity index (χ1n) is 8.07. The lowest BCUT2D eigenvalue weighted by atomic mass is 10.1. The van der Waals surface area contributed by atoms with Crippen molar-refractivity contribution in [3.05, 3.63) is 63.8 Å². The second-order valence-corrected chi connectivity index (χ2v) is 6.65. The van der Waals surface area contributed by atoms with E-state index < -0.39 is 5.97 Å². The normalized spacial score (nSPS) is 12.7. The number of rotatable bonds is 4. The smallest absolute Gasteiger partial charge is 0.338 e. The average molecular weight is 406 g/mol. The molecule has 1 aliphatic rings. The summed E-state index contributed by atoms with van der Waals surface area (Å²) >= 11 is 11.8. The van der Waals surface area contributed by atoms with Crippen molar-refractivity contribution in [1.82, 2.24) is 5.16 Å². The standard InChI is InChI=1S/C19H13Cl2NO5/c20-13-5-12(6-14(21)8-13)19(23)26-10-15-9-17(27-22-15)11-1-2-16-18(7-11)25-4-3-24-16/h1-2,5-9H,3-4,10H2. The van der Waals surface area contributed by atoms with E-state index in [9.17, 15) is 4.79 Å². The monoisotopic (exact) mass is 405 g/mol. The van der Waals surface area contributed by atoms with Gasteiger partial charge in [0.1, 0.15) is 25.5 Å². The van der Waals surface area contributed by atoms with Gasteiger partial charge in [-0.05, 0) is 36.4 Å². The minimum atomic E-state index is -0.553. The van der Waals surface area contributed by atoms with Crippen LogP contribution >= 0.6 is 23.2 Å². The molecule has 4 rings (SSSR count). The van der Waals surface area contributed by atoms with Crippen molar-refractivity contribution in [2.45, 2.75) is 6.61 Å². The molecule has 0 atom stereocenters. The summed E-state index contributed by atoms with van der Waals surface area (Å²) in [5.74, 6) is 1.33. The molecule has 2 heterocycles. The molecule has 3 aromatic rings. The maximum absolute atomic E-state index is 12.1. The van der Waals surface area contributed by atoms with Crippen molar-refractivity contribution in [3.8, 4) is 22.8 Å². The fraction of sp³-hybridized carbons (Fsp3) is 0.158. The number of halogens is 2. The Morgan fingerprint density at radius 1 is 1.00 bits per heavy atom. The molecule has 1 aliphatic heterocycles. The Hall–Kier alpha value is -2.70. The number of ether oxygens (including phenoxy) is 3. The van der Waals surface area contributed by atoms with Crippen LogP contribution in [0.1, 0.15) is 16.1 Å². The summed E-state index contributed by atoms with van der Waals surface area (Å²) in [7, 11) is 0. The third kappa shape index (κ3) is 4.02. The molecule has 0 N–H and O–H groups in total. The molecule has 0 radical (unpaired) electrons. The predicted molar refractivity (Wildman–Crippen MR) is 98.5 cm³/mol. The minimum absolute atomic E-state index is 0.0446. The van der Waals surface area contributed by atoms with Gasteiger partial charge in [-0.1, -0.05) is 28.4 Å². The summed E-state index contributed by atoms with van der Waals surface area (Å²) < 4.78 is 21.6. The highest BCUT2D eigenvalue weighted by Gasteiger charge is 2.16. The Morgan fingerprint density at radius 2 is 1.74 bits per heavy atom. The lowest BCUT2D eigenvalue weighted by molar-refractivity contribution is 0.0464. The molecular weight excluding hydrogens is 393 g/mol. The van der Waals surface area contributed by atoms with E-state index in [0.717, 1.165) is 5.56 Å². The molecule has 0 fully saturated rings. The summed E-state index contributed by atoms with van der Waals surface area (Å²) in [6.07, 6.45) is 0. The van der Waals surface area contributed by atoms with Crippen LogP contribution in [0.15, 0.2) is 47.0 Å². The highest BCUT2D eigenvalue weighted by molar-refractivity contribution is 6.35. The zero-order chi connectivity index (χ0) is 18.8. The number of aromatic nitrogens is 1. The number of fused-ring (bicyclic) bond motifs is 1. The largest absolute Gasteiger partial charge is 0.486 e. The summed E-state index contributed by atoms with van der Waals surface area (Å²) in [4.78, 5) is 12.1. The third-order valence-electron chi connectivity index (χ3n) is 3.84.